The summed E-state index contributed by atoms with van der Waals surface area (Å²) in [5.74, 6) is 1.72. The number of fused-ring (bicyclic) bond motifs is 4. The third-order valence-electron chi connectivity index (χ3n) is 9.31. The highest BCUT2D eigenvalue weighted by atomic mass is 16.5. The molecule has 0 saturated heterocycles. The maximum Gasteiger partial charge on any atom is 0.118 e. The zero-order chi connectivity index (χ0) is 30.2. The van der Waals surface area contributed by atoms with Crippen LogP contribution in [-0.2, 0) is 5.41 Å². The van der Waals surface area contributed by atoms with Crippen LogP contribution in [0.5, 0.6) is 11.5 Å². The molecule has 0 atom stereocenters. The Balaban J connectivity index is 1.64. The summed E-state index contributed by atoms with van der Waals surface area (Å²) in [5, 5.41) is 12.8. The minimum absolute atomic E-state index is 0.00784. The lowest BCUT2D eigenvalue weighted by molar-refractivity contribution is 0.415. The van der Waals surface area contributed by atoms with Gasteiger partial charge < -0.3 is 9.47 Å². The Kier molecular flexibility index (Phi) is 5.86. The van der Waals surface area contributed by atoms with Gasteiger partial charge in [0.1, 0.15) is 11.5 Å². The summed E-state index contributed by atoms with van der Waals surface area (Å²) < 4.78 is 11.1. The molecule has 8 aromatic carbocycles. The number of ether oxygens (including phenoxy) is 2. The van der Waals surface area contributed by atoms with Gasteiger partial charge in [-0.05, 0) is 130 Å². The van der Waals surface area contributed by atoms with Crippen molar-refractivity contribution in [1.29, 1.82) is 0 Å². The Morgan fingerprint density at radius 2 is 1.00 bits per heavy atom. The quantitative estimate of drug-likeness (QED) is 0.155. The Hall–Kier alpha value is -5.08. The van der Waals surface area contributed by atoms with Crippen LogP contribution < -0.4 is 9.47 Å². The van der Waals surface area contributed by atoms with Gasteiger partial charge in [0.25, 0.3) is 0 Å². The molecule has 8 aromatic rings. The second-order valence-corrected chi connectivity index (χ2v) is 12.9. The molecule has 0 aromatic heterocycles. The smallest absolute Gasteiger partial charge is 0.118 e. The van der Waals surface area contributed by atoms with Gasteiger partial charge in [-0.15, -0.1) is 0 Å². The first-order valence-electron chi connectivity index (χ1n) is 15.2. The average Bonchev–Trinajstić information content (AvgIpc) is 3.05. The molecule has 0 aliphatic carbocycles. The van der Waals surface area contributed by atoms with Crippen LogP contribution in [0.4, 0.5) is 0 Å². The summed E-state index contributed by atoms with van der Waals surface area (Å²) in [7, 11) is 3.44. The van der Waals surface area contributed by atoms with Gasteiger partial charge in [-0.1, -0.05) is 93.6 Å². The Morgan fingerprint density at radius 1 is 0.432 bits per heavy atom. The van der Waals surface area contributed by atoms with E-state index in [1.165, 1.54) is 81.7 Å². The van der Waals surface area contributed by atoms with E-state index in [1.807, 2.05) is 0 Å². The van der Waals surface area contributed by atoms with Crippen LogP contribution in [0.2, 0.25) is 0 Å². The van der Waals surface area contributed by atoms with Crippen molar-refractivity contribution >= 4 is 53.9 Å². The molecule has 44 heavy (non-hydrogen) atoms. The third kappa shape index (κ3) is 4.02. The zero-order valence-corrected chi connectivity index (χ0v) is 25.8. The van der Waals surface area contributed by atoms with Crippen LogP contribution in [0, 0.1) is 0 Å². The van der Waals surface area contributed by atoms with Crippen molar-refractivity contribution in [1.82, 2.24) is 0 Å². The van der Waals surface area contributed by atoms with E-state index in [0.717, 1.165) is 11.5 Å². The van der Waals surface area contributed by atoms with E-state index < -0.39 is 0 Å². The van der Waals surface area contributed by atoms with Crippen LogP contribution >= 0.6 is 0 Å². The standard InChI is InChI=1S/C42H34O2/c1-42(2,3)31-20-29-23-35(26-12-16-32(43-4)17-13-26)37-22-28-11-10-25-8-6-7-9-34(25)39(28)40-36(24-30(21-31)38(29)41(37)40)27-14-18-33(44-5)19-15-27/h6-24H,1-5H3. The summed E-state index contributed by atoms with van der Waals surface area (Å²) in [6.07, 6.45) is 0. The molecular weight excluding hydrogens is 536 g/mol. The van der Waals surface area contributed by atoms with E-state index in [-0.39, 0.29) is 5.41 Å². The van der Waals surface area contributed by atoms with Gasteiger partial charge in [0.2, 0.25) is 0 Å². The minimum Gasteiger partial charge on any atom is -0.497 e. The molecule has 0 unspecified atom stereocenters. The monoisotopic (exact) mass is 570 g/mol. The van der Waals surface area contributed by atoms with Crippen molar-refractivity contribution < 1.29 is 9.47 Å². The van der Waals surface area contributed by atoms with E-state index in [0.29, 0.717) is 0 Å². The number of hydrogen-bond donors (Lipinski definition) is 0. The molecule has 8 rings (SSSR count). The lowest BCUT2D eigenvalue weighted by atomic mass is 9.79. The number of methoxy groups -OCH3 is 2. The van der Waals surface area contributed by atoms with Crippen molar-refractivity contribution in [3.63, 3.8) is 0 Å². The highest BCUT2D eigenvalue weighted by Gasteiger charge is 2.23. The second-order valence-electron chi connectivity index (χ2n) is 12.9. The predicted octanol–water partition coefficient (Wildman–Crippen LogP) is 11.5. The van der Waals surface area contributed by atoms with E-state index >= 15 is 0 Å². The highest BCUT2D eigenvalue weighted by Crippen LogP contribution is 2.49. The van der Waals surface area contributed by atoms with Crippen molar-refractivity contribution in [2.45, 2.75) is 26.2 Å². The lowest BCUT2D eigenvalue weighted by Gasteiger charge is -2.24. The number of rotatable bonds is 4. The van der Waals surface area contributed by atoms with Crippen LogP contribution in [-0.4, -0.2) is 14.2 Å². The number of hydrogen-bond acceptors (Lipinski definition) is 2. The zero-order valence-electron chi connectivity index (χ0n) is 25.8. The first kappa shape index (κ1) is 26.5. The van der Waals surface area contributed by atoms with Crippen LogP contribution in [0.15, 0.2) is 115 Å². The summed E-state index contributed by atoms with van der Waals surface area (Å²) in [4.78, 5) is 0. The Morgan fingerprint density at radius 3 is 1.61 bits per heavy atom. The first-order chi connectivity index (χ1) is 21.3. The molecule has 0 amide bonds. The molecule has 0 radical (unpaired) electrons. The van der Waals surface area contributed by atoms with E-state index in [4.69, 9.17) is 9.47 Å². The fourth-order valence-corrected chi connectivity index (χ4v) is 7.02. The van der Waals surface area contributed by atoms with Gasteiger partial charge in [-0.3, -0.25) is 0 Å². The molecule has 0 aliphatic rings. The topological polar surface area (TPSA) is 18.5 Å². The molecular formula is C42H34O2. The van der Waals surface area contributed by atoms with E-state index in [2.05, 4.69) is 136 Å². The molecule has 214 valence electrons. The van der Waals surface area contributed by atoms with E-state index in [9.17, 15) is 0 Å². The molecule has 2 nitrogen and oxygen atoms in total. The van der Waals surface area contributed by atoms with Gasteiger partial charge in [-0.25, -0.2) is 0 Å². The molecule has 0 aliphatic heterocycles. The molecule has 2 heteroatoms. The van der Waals surface area contributed by atoms with Crippen molar-refractivity contribution in [2.75, 3.05) is 14.2 Å². The molecule has 0 bridgehead atoms. The summed E-state index contributed by atoms with van der Waals surface area (Å²) >= 11 is 0. The SMILES string of the molecule is COc1ccc(-c2cc3cc(C(C)(C)C)cc4cc(-c5ccc(OC)cc5)c5c6c(ccc7ccccc76)cc2c5c34)cc1. The predicted molar refractivity (Wildman–Crippen MR) is 188 cm³/mol. The van der Waals surface area contributed by atoms with Gasteiger partial charge in [0, 0.05) is 0 Å². The maximum atomic E-state index is 5.55. The van der Waals surface area contributed by atoms with Crippen LogP contribution in [0.3, 0.4) is 0 Å². The largest absolute Gasteiger partial charge is 0.497 e. The fraction of sp³-hybridized carbons (Fsp3) is 0.143. The van der Waals surface area contributed by atoms with Gasteiger partial charge in [-0.2, -0.15) is 0 Å². The normalized spacial score (nSPS) is 12.2. The second kappa shape index (κ2) is 9.72. The third-order valence-corrected chi connectivity index (χ3v) is 9.31. The molecule has 0 heterocycles. The Labute approximate surface area is 257 Å². The molecule has 0 saturated carbocycles. The molecule has 0 spiro atoms. The fourth-order valence-electron chi connectivity index (χ4n) is 7.02. The lowest BCUT2D eigenvalue weighted by Crippen LogP contribution is -2.11. The van der Waals surface area contributed by atoms with Gasteiger partial charge in [0.05, 0.1) is 14.2 Å². The average molecular weight is 571 g/mol. The first-order valence-corrected chi connectivity index (χ1v) is 15.2. The summed E-state index contributed by atoms with van der Waals surface area (Å²) in [5.41, 5.74) is 6.18. The summed E-state index contributed by atoms with van der Waals surface area (Å²) in [6, 6.07) is 42.4. The summed E-state index contributed by atoms with van der Waals surface area (Å²) in [6.45, 7) is 6.90. The van der Waals surface area contributed by atoms with E-state index in [1.54, 1.807) is 14.2 Å². The number of benzene rings is 8. The van der Waals surface area contributed by atoms with Crippen molar-refractivity contribution in [3.05, 3.63) is 121 Å². The van der Waals surface area contributed by atoms with Crippen molar-refractivity contribution in [2.24, 2.45) is 0 Å². The van der Waals surface area contributed by atoms with Crippen molar-refractivity contribution in [3.8, 4) is 33.8 Å². The molecule has 0 N–H and O–H groups in total. The minimum atomic E-state index is 0.00784. The highest BCUT2D eigenvalue weighted by molar-refractivity contribution is 6.37. The van der Waals surface area contributed by atoms with Gasteiger partial charge in [0.15, 0.2) is 0 Å². The van der Waals surface area contributed by atoms with Crippen LogP contribution in [0.25, 0.3) is 76.1 Å². The molecule has 0 fully saturated rings. The maximum absolute atomic E-state index is 5.55. The van der Waals surface area contributed by atoms with Crippen LogP contribution in [0.1, 0.15) is 26.3 Å². The van der Waals surface area contributed by atoms with Gasteiger partial charge >= 0.3 is 0 Å². The Bertz CT molecular complexity index is 2340.